The molecule has 0 saturated carbocycles. The summed E-state index contributed by atoms with van der Waals surface area (Å²) in [5, 5.41) is 11.8. The SMILES string of the molecule is O=C(Nc1nc2n(n1)[C@@H](c1ccccc1)C=C(c1ccc(Cl)cc1)N2)c1cccc(Cl)c1. The van der Waals surface area contributed by atoms with Crippen LogP contribution < -0.4 is 10.6 Å². The van der Waals surface area contributed by atoms with Gasteiger partial charge >= 0.3 is 0 Å². The fraction of sp³-hybridized carbons (Fsp3) is 0.0417. The third-order valence-electron chi connectivity index (χ3n) is 5.07. The summed E-state index contributed by atoms with van der Waals surface area (Å²) in [6, 6.07) is 24.0. The third kappa shape index (κ3) is 4.10. The normalized spacial score (nSPS) is 14.8. The van der Waals surface area contributed by atoms with Crippen LogP contribution in [0.4, 0.5) is 11.9 Å². The first-order valence-corrected chi connectivity index (χ1v) is 10.7. The van der Waals surface area contributed by atoms with Gasteiger partial charge in [-0.3, -0.25) is 10.1 Å². The zero-order valence-electron chi connectivity index (χ0n) is 16.7. The van der Waals surface area contributed by atoms with E-state index in [1.54, 1.807) is 28.9 Å². The van der Waals surface area contributed by atoms with Gasteiger partial charge in [0, 0.05) is 21.3 Å². The Labute approximate surface area is 194 Å². The number of benzene rings is 3. The molecule has 3 aromatic carbocycles. The van der Waals surface area contributed by atoms with Crippen molar-refractivity contribution >= 4 is 46.7 Å². The molecule has 2 heterocycles. The lowest BCUT2D eigenvalue weighted by atomic mass is 10.0. The number of allylic oxidation sites excluding steroid dienone is 1. The van der Waals surface area contributed by atoms with Crippen LogP contribution in [-0.4, -0.2) is 20.7 Å². The Bertz CT molecular complexity index is 1320. The van der Waals surface area contributed by atoms with Crippen LogP contribution in [0.5, 0.6) is 0 Å². The van der Waals surface area contributed by atoms with Gasteiger partial charge in [0.2, 0.25) is 5.95 Å². The van der Waals surface area contributed by atoms with Crippen LogP contribution >= 0.6 is 23.2 Å². The van der Waals surface area contributed by atoms with Crippen molar-refractivity contribution < 1.29 is 4.79 Å². The number of hydrogen-bond acceptors (Lipinski definition) is 4. The Morgan fingerprint density at radius 2 is 1.72 bits per heavy atom. The van der Waals surface area contributed by atoms with E-state index >= 15 is 0 Å². The zero-order chi connectivity index (χ0) is 22.1. The van der Waals surface area contributed by atoms with Gasteiger partial charge in [0.25, 0.3) is 11.9 Å². The molecule has 1 aliphatic heterocycles. The van der Waals surface area contributed by atoms with Crippen molar-refractivity contribution in [2.24, 2.45) is 0 Å². The minimum atomic E-state index is -0.336. The molecule has 32 heavy (non-hydrogen) atoms. The van der Waals surface area contributed by atoms with Crippen LogP contribution in [0.1, 0.15) is 27.5 Å². The zero-order valence-corrected chi connectivity index (χ0v) is 18.2. The van der Waals surface area contributed by atoms with Crippen molar-refractivity contribution in [3.8, 4) is 0 Å². The Hall–Kier alpha value is -3.61. The second-order valence-corrected chi connectivity index (χ2v) is 8.11. The monoisotopic (exact) mass is 461 g/mol. The van der Waals surface area contributed by atoms with E-state index in [4.69, 9.17) is 23.2 Å². The molecule has 0 unspecified atom stereocenters. The van der Waals surface area contributed by atoms with Crippen LogP contribution in [0.2, 0.25) is 10.0 Å². The molecule has 0 saturated heterocycles. The van der Waals surface area contributed by atoms with E-state index in [0.717, 1.165) is 16.8 Å². The number of carbonyl (C=O) groups is 1. The van der Waals surface area contributed by atoms with E-state index in [1.165, 1.54) is 0 Å². The predicted molar refractivity (Wildman–Crippen MR) is 127 cm³/mol. The molecule has 4 aromatic rings. The molecule has 1 atom stereocenters. The first-order valence-electron chi connectivity index (χ1n) is 9.90. The third-order valence-corrected chi connectivity index (χ3v) is 5.56. The molecule has 0 spiro atoms. The molecule has 6 nitrogen and oxygen atoms in total. The Balaban J connectivity index is 1.50. The quantitative estimate of drug-likeness (QED) is 0.397. The number of fused-ring (bicyclic) bond motifs is 1. The minimum Gasteiger partial charge on any atom is -0.324 e. The molecule has 0 aliphatic carbocycles. The number of hydrogen-bond donors (Lipinski definition) is 2. The molecule has 0 fully saturated rings. The lowest BCUT2D eigenvalue weighted by Gasteiger charge is -2.24. The second kappa shape index (κ2) is 8.49. The number of aromatic nitrogens is 3. The van der Waals surface area contributed by atoms with Crippen LogP contribution in [0.25, 0.3) is 5.70 Å². The fourth-order valence-corrected chi connectivity index (χ4v) is 3.85. The highest BCUT2D eigenvalue weighted by molar-refractivity contribution is 6.31. The molecule has 1 amide bonds. The van der Waals surface area contributed by atoms with E-state index in [2.05, 4.69) is 26.8 Å². The molecule has 0 radical (unpaired) electrons. The van der Waals surface area contributed by atoms with Gasteiger partial charge in [0.05, 0.1) is 0 Å². The van der Waals surface area contributed by atoms with Crippen LogP contribution in [0, 0.1) is 0 Å². The molecule has 1 aromatic heterocycles. The first kappa shape index (κ1) is 20.3. The number of carbonyl (C=O) groups excluding carboxylic acids is 1. The van der Waals surface area contributed by atoms with Gasteiger partial charge in [-0.15, -0.1) is 5.10 Å². The number of amides is 1. The first-order chi connectivity index (χ1) is 15.6. The average molecular weight is 462 g/mol. The van der Waals surface area contributed by atoms with Gasteiger partial charge in [-0.2, -0.15) is 4.98 Å². The molecule has 5 rings (SSSR count). The summed E-state index contributed by atoms with van der Waals surface area (Å²) in [4.78, 5) is 17.2. The summed E-state index contributed by atoms with van der Waals surface area (Å²) in [5.74, 6) is 0.384. The summed E-state index contributed by atoms with van der Waals surface area (Å²) in [7, 11) is 0. The van der Waals surface area contributed by atoms with Crippen molar-refractivity contribution in [2.45, 2.75) is 6.04 Å². The largest absolute Gasteiger partial charge is 0.324 e. The lowest BCUT2D eigenvalue weighted by Crippen LogP contribution is -2.20. The van der Waals surface area contributed by atoms with Crippen LogP contribution in [0.3, 0.4) is 0 Å². The summed E-state index contributed by atoms with van der Waals surface area (Å²) in [6.45, 7) is 0. The lowest BCUT2D eigenvalue weighted by molar-refractivity contribution is 0.102. The number of halogens is 2. The van der Waals surface area contributed by atoms with E-state index in [-0.39, 0.29) is 17.9 Å². The maximum Gasteiger partial charge on any atom is 0.258 e. The Morgan fingerprint density at radius 1 is 0.938 bits per heavy atom. The molecular weight excluding hydrogens is 445 g/mol. The highest BCUT2D eigenvalue weighted by Gasteiger charge is 2.26. The smallest absolute Gasteiger partial charge is 0.258 e. The van der Waals surface area contributed by atoms with E-state index in [0.29, 0.717) is 21.6 Å². The van der Waals surface area contributed by atoms with Gasteiger partial charge in [-0.25, -0.2) is 4.68 Å². The fourth-order valence-electron chi connectivity index (χ4n) is 3.53. The number of nitrogens with zero attached hydrogens (tertiary/aromatic N) is 3. The maximum absolute atomic E-state index is 12.6. The number of nitrogens with one attached hydrogen (secondary N) is 2. The van der Waals surface area contributed by atoms with Crippen molar-refractivity contribution in [1.29, 1.82) is 0 Å². The topological polar surface area (TPSA) is 71.8 Å². The molecule has 0 bridgehead atoms. The molecule has 158 valence electrons. The Kier molecular flexibility index (Phi) is 5.39. The average Bonchev–Trinajstić information content (AvgIpc) is 3.21. The van der Waals surface area contributed by atoms with E-state index < -0.39 is 0 Å². The van der Waals surface area contributed by atoms with Crippen molar-refractivity contribution in [2.75, 3.05) is 10.6 Å². The summed E-state index contributed by atoms with van der Waals surface area (Å²) in [6.07, 6.45) is 2.07. The Morgan fingerprint density at radius 3 is 2.47 bits per heavy atom. The number of anilines is 2. The van der Waals surface area contributed by atoms with Crippen molar-refractivity contribution in [3.63, 3.8) is 0 Å². The standard InChI is InChI=1S/C24H17Cl2N5O/c25-18-11-9-15(10-12-18)20-14-21(16-5-2-1-3-6-16)31-24(27-20)29-23(30-31)28-22(32)17-7-4-8-19(26)13-17/h1-14,21H,(H2,27,28,29,30,32)/t21-/m1/s1. The highest BCUT2D eigenvalue weighted by atomic mass is 35.5. The molecule has 1 aliphatic rings. The van der Waals surface area contributed by atoms with E-state index in [1.807, 2.05) is 54.6 Å². The van der Waals surface area contributed by atoms with E-state index in [9.17, 15) is 4.79 Å². The van der Waals surface area contributed by atoms with Gasteiger partial charge in [-0.05, 0) is 47.5 Å². The summed E-state index contributed by atoms with van der Waals surface area (Å²) >= 11 is 12.1. The van der Waals surface area contributed by atoms with Gasteiger partial charge in [0.1, 0.15) is 6.04 Å². The number of rotatable bonds is 4. The highest BCUT2D eigenvalue weighted by Crippen LogP contribution is 2.33. The maximum atomic E-state index is 12.6. The van der Waals surface area contributed by atoms with Gasteiger partial charge in [0.15, 0.2) is 0 Å². The predicted octanol–water partition coefficient (Wildman–Crippen LogP) is 5.89. The van der Waals surface area contributed by atoms with Crippen molar-refractivity contribution in [3.05, 3.63) is 112 Å². The second-order valence-electron chi connectivity index (χ2n) is 7.24. The van der Waals surface area contributed by atoms with Crippen molar-refractivity contribution in [1.82, 2.24) is 14.8 Å². The summed E-state index contributed by atoms with van der Waals surface area (Å²) < 4.78 is 1.75. The van der Waals surface area contributed by atoms with Crippen LogP contribution in [0.15, 0.2) is 84.9 Å². The minimum absolute atomic E-state index is 0.198. The van der Waals surface area contributed by atoms with Crippen LogP contribution in [-0.2, 0) is 0 Å². The molecular formula is C24H17Cl2N5O. The summed E-state index contributed by atoms with van der Waals surface area (Å²) in [5.41, 5.74) is 3.31. The molecule has 2 N–H and O–H groups in total. The van der Waals surface area contributed by atoms with Gasteiger partial charge < -0.3 is 5.32 Å². The molecule has 8 heteroatoms. The van der Waals surface area contributed by atoms with Gasteiger partial charge in [-0.1, -0.05) is 71.7 Å².